The van der Waals surface area contributed by atoms with E-state index in [2.05, 4.69) is 45.0 Å². The molecular formula is C21H22BrN3O3. The highest BCUT2D eigenvalue weighted by Gasteiger charge is 2.14. The molecule has 2 N–H and O–H groups in total. The molecule has 7 heteroatoms. The molecule has 0 radical (unpaired) electrons. The van der Waals surface area contributed by atoms with Gasteiger partial charge in [0.05, 0.1) is 5.52 Å². The Morgan fingerprint density at radius 2 is 1.96 bits per heavy atom. The van der Waals surface area contributed by atoms with Crippen LogP contribution in [0.3, 0.4) is 0 Å². The van der Waals surface area contributed by atoms with Crippen molar-refractivity contribution in [3.63, 3.8) is 0 Å². The van der Waals surface area contributed by atoms with Gasteiger partial charge in [0, 0.05) is 9.86 Å². The summed E-state index contributed by atoms with van der Waals surface area (Å²) in [5.74, 6) is 0.360. The summed E-state index contributed by atoms with van der Waals surface area (Å²) >= 11 is 3.43. The summed E-state index contributed by atoms with van der Waals surface area (Å²) in [6.07, 6.45) is 0. The van der Waals surface area contributed by atoms with Gasteiger partial charge in [0.1, 0.15) is 5.75 Å². The Morgan fingerprint density at radius 1 is 1.21 bits per heavy atom. The number of carbonyl (C=O) groups is 1. The van der Waals surface area contributed by atoms with Gasteiger partial charge < -0.3 is 14.8 Å². The number of nitrogens with one attached hydrogen (secondary N) is 1. The number of fused-ring (bicyclic) bond motifs is 1. The average Bonchev–Trinajstić information content (AvgIpc) is 2.94. The Morgan fingerprint density at radius 3 is 2.68 bits per heavy atom. The first-order valence-corrected chi connectivity index (χ1v) is 9.74. The van der Waals surface area contributed by atoms with Crippen LogP contribution in [-0.2, 0) is 4.79 Å². The lowest BCUT2D eigenvalue weighted by atomic mass is 10.0. The van der Waals surface area contributed by atoms with Crippen molar-refractivity contribution < 1.29 is 14.6 Å². The van der Waals surface area contributed by atoms with Crippen LogP contribution in [-0.4, -0.2) is 22.6 Å². The largest absolute Gasteiger partial charge is 0.493 e. The maximum atomic E-state index is 12.1. The number of carbonyl (C=O) groups excluding carboxylic acids is 1. The van der Waals surface area contributed by atoms with E-state index in [1.807, 2.05) is 44.2 Å². The van der Waals surface area contributed by atoms with E-state index in [9.17, 15) is 9.90 Å². The zero-order valence-electron chi connectivity index (χ0n) is 16.2. The molecule has 1 heterocycles. The van der Waals surface area contributed by atoms with E-state index in [1.165, 1.54) is 0 Å². The zero-order chi connectivity index (χ0) is 20.4. The predicted molar refractivity (Wildman–Crippen MR) is 113 cm³/mol. The second-order valence-electron chi connectivity index (χ2n) is 7.03. The second kappa shape index (κ2) is 8.14. The highest BCUT2D eigenvalue weighted by Crippen LogP contribution is 2.38. The van der Waals surface area contributed by atoms with Crippen molar-refractivity contribution in [2.45, 2.75) is 33.6 Å². The maximum Gasteiger partial charge on any atom is 0.302 e. The third-order valence-electron chi connectivity index (χ3n) is 4.51. The molecule has 3 aromatic rings. The monoisotopic (exact) mass is 443 g/mol. The highest BCUT2D eigenvalue weighted by molar-refractivity contribution is 9.10. The lowest BCUT2D eigenvalue weighted by molar-refractivity contribution is -0.120. The van der Waals surface area contributed by atoms with Gasteiger partial charge in [-0.3, -0.25) is 4.79 Å². The lowest BCUT2D eigenvalue weighted by Crippen LogP contribution is -2.09. The molecule has 0 aliphatic carbocycles. The second-order valence-corrected chi connectivity index (χ2v) is 7.95. The van der Waals surface area contributed by atoms with Crippen molar-refractivity contribution in [2.75, 3.05) is 6.61 Å². The summed E-state index contributed by atoms with van der Waals surface area (Å²) in [7, 11) is 0. The Hall–Kier alpha value is -2.67. The first-order chi connectivity index (χ1) is 13.3. The fourth-order valence-corrected chi connectivity index (χ4v) is 3.48. The molecule has 0 bridgehead atoms. The van der Waals surface area contributed by atoms with Crippen molar-refractivity contribution >= 4 is 38.4 Å². The molecule has 0 saturated carbocycles. The fourth-order valence-electron chi connectivity index (χ4n) is 2.91. The van der Waals surface area contributed by atoms with Gasteiger partial charge in [-0.05, 0) is 54.7 Å². The summed E-state index contributed by atoms with van der Waals surface area (Å²) in [5.41, 5.74) is 4.00. The molecule has 146 valence electrons. The van der Waals surface area contributed by atoms with Crippen molar-refractivity contribution in [3.8, 4) is 11.6 Å². The number of nitrogens with zero attached hydrogens (tertiary/aromatic N) is 2. The number of aromatic amines is 1. The van der Waals surface area contributed by atoms with Crippen LogP contribution >= 0.6 is 15.9 Å². The van der Waals surface area contributed by atoms with Gasteiger partial charge in [0.15, 0.2) is 12.3 Å². The third-order valence-corrected chi connectivity index (χ3v) is 4.97. The number of ether oxygens (including phenoxy) is 1. The topological polar surface area (TPSA) is 87.0 Å². The minimum Gasteiger partial charge on any atom is -0.493 e. The number of hydrogen-bond acceptors (Lipinski definition) is 4. The summed E-state index contributed by atoms with van der Waals surface area (Å²) < 4.78 is 6.48. The van der Waals surface area contributed by atoms with Gasteiger partial charge in [-0.15, -0.1) is 10.2 Å². The summed E-state index contributed by atoms with van der Waals surface area (Å²) in [6, 6.07) is 9.70. The number of azo groups is 1. The maximum absolute atomic E-state index is 12.1. The normalized spacial score (nSPS) is 11.6. The SMILES string of the molecule is Cc1ccc(C(C)C)cc1OCC(=O)N=Nc1c(O)[nH]c2c(C)cc(Br)cc12. The molecule has 0 aliphatic rings. The van der Waals surface area contributed by atoms with Crippen LogP contribution in [0.2, 0.25) is 0 Å². The fraction of sp³-hybridized carbons (Fsp3) is 0.286. The van der Waals surface area contributed by atoms with Gasteiger partial charge >= 0.3 is 5.91 Å². The molecule has 0 fully saturated rings. The number of benzene rings is 2. The van der Waals surface area contributed by atoms with Crippen molar-refractivity contribution in [3.05, 3.63) is 51.5 Å². The van der Waals surface area contributed by atoms with Crippen LogP contribution in [0.4, 0.5) is 5.69 Å². The molecule has 1 amide bonds. The van der Waals surface area contributed by atoms with Crippen LogP contribution in [0.5, 0.6) is 11.6 Å². The number of aromatic nitrogens is 1. The van der Waals surface area contributed by atoms with E-state index >= 15 is 0 Å². The number of halogens is 1. The highest BCUT2D eigenvalue weighted by atomic mass is 79.9. The number of rotatable bonds is 5. The van der Waals surface area contributed by atoms with E-state index in [1.54, 1.807) is 0 Å². The van der Waals surface area contributed by atoms with Gasteiger partial charge in [0.25, 0.3) is 0 Å². The van der Waals surface area contributed by atoms with Crippen molar-refractivity contribution in [2.24, 2.45) is 10.2 Å². The summed E-state index contributed by atoms with van der Waals surface area (Å²) in [6.45, 7) is 7.81. The van der Waals surface area contributed by atoms with Gasteiger partial charge in [-0.1, -0.05) is 41.9 Å². The molecule has 3 rings (SSSR count). The van der Waals surface area contributed by atoms with Crippen LogP contribution in [0.15, 0.2) is 45.0 Å². The number of H-pyrrole nitrogens is 1. The smallest absolute Gasteiger partial charge is 0.302 e. The zero-order valence-corrected chi connectivity index (χ0v) is 17.8. The van der Waals surface area contributed by atoms with E-state index in [4.69, 9.17) is 4.74 Å². The molecule has 0 saturated heterocycles. The molecule has 0 unspecified atom stereocenters. The molecule has 28 heavy (non-hydrogen) atoms. The Labute approximate surface area is 171 Å². The van der Waals surface area contributed by atoms with Gasteiger partial charge in [-0.2, -0.15) is 0 Å². The summed E-state index contributed by atoms with van der Waals surface area (Å²) in [4.78, 5) is 15.0. The summed E-state index contributed by atoms with van der Waals surface area (Å²) in [5, 5.41) is 18.5. The predicted octanol–water partition coefficient (Wildman–Crippen LogP) is 6.07. The molecule has 0 spiro atoms. The van der Waals surface area contributed by atoms with Gasteiger partial charge in [-0.25, -0.2) is 0 Å². The molecule has 0 atom stereocenters. The minimum atomic E-state index is -0.533. The average molecular weight is 444 g/mol. The number of aryl methyl sites for hydroxylation is 2. The Balaban J connectivity index is 1.76. The Bertz CT molecular complexity index is 1070. The molecule has 2 aromatic carbocycles. The standard InChI is InChI=1S/C21H22BrN3O3/c1-11(2)14-6-5-12(3)17(8-14)28-10-18(26)24-25-20-16-9-15(22)7-13(4)19(16)23-21(20)27/h5-9,11,23,27H,10H2,1-4H3. The van der Waals surface area contributed by atoms with Crippen LogP contribution < -0.4 is 4.74 Å². The lowest BCUT2D eigenvalue weighted by Gasteiger charge is -2.11. The van der Waals surface area contributed by atoms with E-state index in [0.29, 0.717) is 17.1 Å². The molecular weight excluding hydrogens is 422 g/mol. The molecule has 6 nitrogen and oxygen atoms in total. The quantitative estimate of drug-likeness (QED) is 0.469. The molecule has 0 aliphatic heterocycles. The van der Waals surface area contributed by atoms with Crippen LogP contribution in [0.25, 0.3) is 10.9 Å². The van der Waals surface area contributed by atoms with E-state index < -0.39 is 5.91 Å². The third kappa shape index (κ3) is 4.25. The number of aromatic hydroxyl groups is 1. The van der Waals surface area contributed by atoms with Crippen molar-refractivity contribution in [1.82, 2.24) is 4.98 Å². The van der Waals surface area contributed by atoms with Crippen LogP contribution in [0.1, 0.15) is 36.5 Å². The van der Waals surface area contributed by atoms with Crippen LogP contribution in [0, 0.1) is 13.8 Å². The molecule has 1 aromatic heterocycles. The first-order valence-electron chi connectivity index (χ1n) is 8.95. The first kappa shape index (κ1) is 20.1. The van der Waals surface area contributed by atoms with Gasteiger partial charge in [0.2, 0.25) is 5.88 Å². The number of hydrogen-bond donors (Lipinski definition) is 2. The minimum absolute atomic E-state index is 0.130. The number of amides is 1. The van der Waals surface area contributed by atoms with E-state index in [-0.39, 0.29) is 18.2 Å². The Kier molecular flexibility index (Phi) is 5.84. The van der Waals surface area contributed by atoms with E-state index in [0.717, 1.165) is 26.7 Å². The van der Waals surface area contributed by atoms with Crippen molar-refractivity contribution in [1.29, 1.82) is 0 Å².